The van der Waals surface area contributed by atoms with Crippen LogP contribution in [0, 0.1) is 5.92 Å². The number of rotatable bonds is 8. The van der Waals surface area contributed by atoms with Crippen LogP contribution in [0.15, 0.2) is 0 Å². The van der Waals surface area contributed by atoms with Gasteiger partial charge in [0.2, 0.25) is 0 Å². The molecule has 0 spiro atoms. The number of carbonyl (C=O) groups excluding carboxylic acids is 1. The van der Waals surface area contributed by atoms with E-state index in [1.807, 2.05) is 20.8 Å². The zero-order valence-corrected chi connectivity index (χ0v) is 10.6. The van der Waals surface area contributed by atoms with E-state index >= 15 is 0 Å². The maximum absolute atomic E-state index is 11.6. The standard InChI is InChI=1S/C12H24O3/c1-10(9-14-4)8-11(13)6-7-12(2,3)15-5/h10H,6-9H2,1-5H3. The van der Waals surface area contributed by atoms with E-state index in [1.54, 1.807) is 14.2 Å². The second kappa shape index (κ2) is 6.96. The molecule has 0 aliphatic rings. The lowest BCUT2D eigenvalue weighted by Gasteiger charge is -2.22. The second-order valence-electron chi connectivity index (χ2n) is 4.77. The molecule has 0 saturated carbocycles. The first-order valence-electron chi connectivity index (χ1n) is 5.47. The zero-order chi connectivity index (χ0) is 11.9. The van der Waals surface area contributed by atoms with Crippen molar-refractivity contribution in [3.05, 3.63) is 0 Å². The minimum absolute atomic E-state index is 0.194. The van der Waals surface area contributed by atoms with Gasteiger partial charge in [0.05, 0.1) is 5.60 Å². The van der Waals surface area contributed by atoms with Crippen molar-refractivity contribution in [1.82, 2.24) is 0 Å². The van der Waals surface area contributed by atoms with Gasteiger partial charge in [-0.15, -0.1) is 0 Å². The third-order valence-corrected chi connectivity index (χ3v) is 2.59. The molecule has 0 aliphatic heterocycles. The molecule has 0 saturated heterocycles. The third kappa shape index (κ3) is 7.51. The molecule has 3 nitrogen and oxygen atoms in total. The Balaban J connectivity index is 3.75. The third-order valence-electron chi connectivity index (χ3n) is 2.59. The molecule has 0 fully saturated rings. The molecule has 3 heteroatoms. The van der Waals surface area contributed by atoms with Crippen LogP contribution in [0.4, 0.5) is 0 Å². The number of Topliss-reactive ketones (excluding diaryl/α,β-unsaturated/α-hetero) is 1. The normalized spacial score (nSPS) is 13.9. The van der Waals surface area contributed by atoms with Crippen molar-refractivity contribution in [3.63, 3.8) is 0 Å². The maximum atomic E-state index is 11.6. The van der Waals surface area contributed by atoms with Gasteiger partial charge in [-0.1, -0.05) is 6.92 Å². The molecular weight excluding hydrogens is 192 g/mol. The summed E-state index contributed by atoms with van der Waals surface area (Å²) in [7, 11) is 3.34. The fraction of sp³-hybridized carbons (Fsp3) is 0.917. The van der Waals surface area contributed by atoms with Crippen LogP contribution in [0.2, 0.25) is 0 Å². The summed E-state index contributed by atoms with van der Waals surface area (Å²) in [4.78, 5) is 11.6. The molecular formula is C12H24O3. The fourth-order valence-electron chi connectivity index (χ4n) is 1.38. The first kappa shape index (κ1) is 14.6. The van der Waals surface area contributed by atoms with E-state index in [2.05, 4.69) is 0 Å². The van der Waals surface area contributed by atoms with Gasteiger partial charge in [-0.3, -0.25) is 4.79 Å². The molecule has 0 N–H and O–H groups in total. The Hall–Kier alpha value is -0.410. The average molecular weight is 216 g/mol. The Morgan fingerprint density at radius 2 is 1.93 bits per heavy atom. The monoisotopic (exact) mass is 216 g/mol. The van der Waals surface area contributed by atoms with Gasteiger partial charge in [0.25, 0.3) is 0 Å². The smallest absolute Gasteiger partial charge is 0.133 e. The average Bonchev–Trinajstić information content (AvgIpc) is 2.15. The number of ether oxygens (including phenoxy) is 2. The van der Waals surface area contributed by atoms with E-state index in [0.717, 1.165) is 6.42 Å². The van der Waals surface area contributed by atoms with Crippen molar-refractivity contribution in [2.45, 2.75) is 45.6 Å². The molecule has 0 bridgehead atoms. The molecule has 0 aromatic rings. The van der Waals surface area contributed by atoms with E-state index in [0.29, 0.717) is 31.1 Å². The Bertz CT molecular complexity index is 187. The molecule has 0 aromatic heterocycles. The first-order valence-corrected chi connectivity index (χ1v) is 5.47. The Morgan fingerprint density at radius 1 is 1.33 bits per heavy atom. The summed E-state index contributed by atoms with van der Waals surface area (Å²) < 4.78 is 10.3. The highest BCUT2D eigenvalue weighted by Gasteiger charge is 2.18. The molecule has 1 atom stereocenters. The van der Waals surface area contributed by atoms with Crippen LogP contribution in [0.25, 0.3) is 0 Å². The van der Waals surface area contributed by atoms with Crippen LogP contribution in [0.1, 0.15) is 40.0 Å². The predicted octanol–water partition coefficient (Wildman–Crippen LogP) is 2.43. The van der Waals surface area contributed by atoms with E-state index in [4.69, 9.17) is 9.47 Å². The lowest BCUT2D eigenvalue weighted by atomic mass is 9.96. The summed E-state index contributed by atoms with van der Waals surface area (Å²) in [6, 6.07) is 0. The number of hydrogen-bond donors (Lipinski definition) is 0. The van der Waals surface area contributed by atoms with Crippen molar-refractivity contribution in [3.8, 4) is 0 Å². The van der Waals surface area contributed by atoms with Crippen molar-refractivity contribution in [2.24, 2.45) is 5.92 Å². The van der Waals surface area contributed by atoms with Crippen LogP contribution >= 0.6 is 0 Å². The largest absolute Gasteiger partial charge is 0.384 e. The molecule has 1 unspecified atom stereocenters. The van der Waals surface area contributed by atoms with Gasteiger partial charge in [-0.05, 0) is 26.2 Å². The van der Waals surface area contributed by atoms with E-state index in [1.165, 1.54) is 0 Å². The number of methoxy groups -OCH3 is 2. The topological polar surface area (TPSA) is 35.5 Å². The SMILES string of the molecule is COCC(C)CC(=O)CCC(C)(C)OC. The highest BCUT2D eigenvalue weighted by molar-refractivity contribution is 5.78. The minimum atomic E-state index is -0.194. The van der Waals surface area contributed by atoms with Crippen LogP contribution in [0.3, 0.4) is 0 Å². The summed E-state index contributed by atoms with van der Waals surface area (Å²) >= 11 is 0. The Labute approximate surface area is 93.1 Å². The molecule has 15 heavy (non-hydrogen) atoms. The Kier molecular flexibility index (Phi) is 6.77. The summed E-state index contributed by atoms with van der Waals surface area (Å²) in [5.74, 6) is 0.609. The minimum Gasteiger partial charge on any atom is -0.384 e. The summed E-state index contributed by atoms with van der Waals surface area (Å²) in [5.41, 5.74) is -0.194. The molecule has 0 aromatic carbocycles. The number of hydrogen-bond acceptors (Lipinski definition) is 3. The number of ketones is 1. The predicted molar refractivity (Wildman–Crippen MR) is 61.0 cm³/mol. The summed E-state index contributed by atoms with van der Waals surface area (Å²) in [5, 5.41) is 0. The zero-order valence-electron chi connectivity index (χ0n) is 10.6. The maximum Gasteiger partial charge on any atom is 0.133 e. The highest BCUT2D eigenvalue weighted by atomic mass is 16.5. The second-order valence-corrected chi connectivity index (χ2v) is 4.77. The lowest BCUT2D eigenvalue weighted by Crippen LogP contribution is -2.24. The van der Waals surface area contributed by atoms with E-state index < -0.39 is 0 Å². The van der Waals surface area contributed by atoms with Crippen LogP contribution in [0.5, 0.6) is 0 Å². The van der Waals surface area contributed by atoms with E-state index in [9.17, 15) is 4.79 Å². The van der Waals surface area contributed by atoms with Crippen molar-refractivity contribution in [1.29, 1.82) is 0 Å². The lowest BCUT2D eigenvalue weighted by molar-refractivity contribution is -0.121. The van der Waals surface area contributed by atoms with Crippen LogP contribution in [-0.4, -0.2) is 32.2 Å². The van der Waals surface area contributed by atoms with Crippen LogP contribution < -0.4 is 0 Å². The highest BCUT2D eigenvalue weighted by Crippen LogP contribution is 2.17. The van der Waals surface area contributed by atoms with Gasteiger partial charge < -0.3 is 9.47 Å². The molecule has 0 aliphatic carbocycles. The first-order chi connectivity index (χ1) is 6.91. The summed E-state index contributed by atoms with van der Waals surface area (Å²) in [6.45, 7) is 6.68. The van der Waals surface area contributed by atoms with Gasteiger partial charge >= 0.3 is 0 Å². The molecule has 0 rings (SSSR count). The van der Waals surface area contributed by atoms with Gasteiger partial charge in [0.15, 0.2) is 0 Å². The van der Waals surface area contributed by atoms with Crippen molar-refractivity contribution in [2.75, 3.05) is 20.8 Å². The molecule has 0 amide bonds. The summed E-state index contributed by atoms with van der Waals surface area (Å²) in [6.07, 6.45) is 1.98. The Morgan fingerprint density at radius 3 is 2.40 bits per heavy atom. The van der Waals surface area contributed by atoms with Crippen molar-refractivity contribution < 1.29 is 14.3 Å². The van der Waals surface area contributed by atoms with Crippen molar-refractivity contribution >= 4 is 5.78 Å². The molecule has 0 heterocycles. The fourth-order valence-corrected chi connectivity index (χ4v) is 1.38. The molecule has 0 radical (unpaired) electrons. The van der Waals surface area contributed by atoms with Crippen LogP contribution in [-0.2, 0) is 14.3 Å². The van der Waals surface area contributed by atoms with Gasteiger partial charge in [0, 0.05) is 33.7 Å². The van der Waals surface area contributed by atoms with Gasteiger partial charge in [-0.25, -0.2) is 0 Å². The van der Waals surface area contributed by atoms with Gasteiger partial charge in [-0.2, -0.15) is 0 Å². The quantitative estimate of drug-likeness (QED) is 0.625. The van der Waals surface area contributed by atoms with Gasteiger partial charge in [0.1, 0.15) is 5.78 Å². The van der Waals surface area contributed by atoms with E-state index in [-0.39, 0.29) is 5.60 Å². The molecule has 90 valence electrons. The number of carbonyl (C=O) groups is 1.